The molecule has 0 amide bonds. The Labute approximate surface area is 207 Å². The highest BCUT2D eigenvalue weighted by molar-refractivity contribution is 6.01. The normalized spacial score (nSPS) is 22.4. The summed E-state index contributed by atoms with van der Waals surface area (Å²) in [7, 11) is 0. The van der Waals surface area contributed by atoms with Gasteiger partial charge >= 0.3 is 0 Å². The number of fused-ring (bicyclic) bond motifs is 2. The van der Waals surface area contributed by atoms with Gasteiger partial charge in [0, 0.05) is 13.2 Å². The molecule has 6 rings (SSSR count). The summed E-state index contributed by atoms with van der Waals surface area (Å²) in [4.78, 5) is 0. The van der Waals surface area contributed by atoms with Crippen molar-refractivity contribution in [1.29, 1.82) is 0 Å². The Hall–Kier alpha value is -2.28. The fraction of sp³-hybridized carbons (Fsp3) is 0.467. The monoisotopic (exact) mass is 474 g/mol. The van der Waals surface area contributed by atoms with Crippen LogP contribution in [0.3, 0.4) is 0 Å². The van der Waals surface area contributed by atoms with Crippen LogP contribution in [0.2, 0.25) is 0 Å². The average molecular weight is 475 g/mol. The van der Waals surface area contributed by atoms with Crippen LogP contribution in [0.5, 0.6) is 0 Å². The Bertz CT molecular complexity index is 1160. The van der Waals surface area contributed by atoms with Crippen molar-refractivity contribution in [3.8, 4) is 11.1 Å². The maximum atomic E-state index is 6.20. The zero-order valence-electron chi connectivity index (χ0n) is 20.3. The molecule has 2 fully saturated rings. The van der Waals surface area contributed by atoms with Crippen LogP contribution in [0.4, 0.5) is 0 Å². The van der Waals surface area contributed by atoms with Gasteiger partial charge in [-0.2, -0.15) is 0 Å². The summed E-state index contributed by atoms with van der Waals surface area (Å²) in [5.74, 6) is 0. The fourth-order valence-electron chi connectivity index (χ4n) is 5.52. The van der Waals surface area contributed by atoms with Gasteiger partial charge in [0.05, 0.1) is 26.4 Å². The Balaban J connectivity index is 1.36. The number of rotatable bonds is 7. The van der Waals surface area contributed by atoms with E-state index in [1.165, 1.54) is 50.6 Å². The lowest BCUT2D eigenvalue weighted by Crippen LogP contribution is -2.22. The molecule has 0 bridgehead atoms. The molecule has 3 aromatic rings. The van der Waals surface area contributed by atoms with E-state index >= 15 is 0 Å². The van der Waals surface area contributed by atoms with Crippen LogP contribution in [0.15, 0.2) is 48.5 Å². The molecule has 5 nitrogen and oxygen atoms in total. The van der Waals surface area contributed by atoms with Gasteiger partial charge in [-0.25, -0.2) is 0 Å². The van der Waals surface area contributed by atoms with Gasteiger partial charge in [-0.3, -0.25) is 0 Å². The molecule has 0 aromatic heterocycles. The minimum Gasteiger partial charge on any atom is -0.372 e. The third-order valence-electron chi connectivity index (χ3n) is 7.39. The second kappa shape index (κ2) is 10.8. The highest BCUT2D eigenvalue weighted by Crippen LogP contribution is 2.41. The van der Waals surface area contributed by atoms with Crippen LogP contribution < -0.4 is 0 Å². The van der Waals surface area contributed by atoms with Gasteiger partial charge in [-0.1, -0.05) is 42.5 Å². The summed E-state index contributed by atoms with van der Waals surface area (Å²) in [5, 5.41) is 2.47. The van der Waals surface area contributed by atoms with Gasteiger partial charge in [0.25, 0.3) is 0 Å². The molecule has 0 spiro atoms. The zero-order chi connectivity index (χ0) is 23.5. The van der Waals surface area contributed by atoms with E-state index in [1.807, 2.05) is 0 Å². The Morgan fingerprint density at radius 2 is 1.43 bits per heavy atom. The van der Waals surface area contributed by atoms with Gasteiger partial charge in [-0.05, 0) is 88.7 Å². The number of hydrogen-bond acceptors (Lipinski definition) is 5. The minimum absolute atomic E-state index is 0.101. The lowest BCUT2D eigenvalue weighted by atomic mass is 9.87. The molecular weight excluding hydrogens is 440 g/mol. The second-order valence-corrected chi connectivity index (χ2v) is 9.77. The second-order valence-electron chi connectivity index (χ2n) is 9.77. The van der Waals surface area contributed by atoms with Crippen molar-refractivity contribution in [2.24, 2.45) is 0 Å². The molecule has 2 unspecified atom stereocenters. The highest BCUT2D eigenvalue weighted by atomic mass is 16.7. The van der Waals surface area contributed by atoms with Crippen LogP contribution in [0.1, 0.15) is 60.8 Å². The zero-order valence-corrected chi connectivity index (χ0v) is 20.3. The quantitative estimate of drug-likeness (QED) is 0.385. The van der Waals surface area contributed by atoms with Gasteiger partial charge < -0.3 is 23.7 Å². The summed E-state index contributed by atoms with van der Waals surface area (Å²) < 4.78 is 29.9. The van der Waals surface area contributed by atoms with E-state index in [0.29, 0.717) is 26.4 Å². The third-order valence-corrected chi connectivity index (χ3v) is 7.39. The Kier molecular flexibility index (Phi) is 7.12. The van der Waals surface area contributed by atoms with E-state index in [1.54, 1.807) is 0 Å². The van der Waals surface area contributed by atoms with E-state index in [9.17, 15) is 0 Å². The van der Waals surface area contributed by atoms with E-state index in [-0.39, 0.29) is 12.6 Å². The summed E-state index contributed by atoms with van der Waals surface area (Å²) in [6.45, 7) is 3.95. The summed E-state index contributed by atoms with van der Waals surface area (Å²) in [6.07, 6.45) is 6.31. The molecule has 3 aromatic carbocycles. The SMILES string of the molecule is c1ccc(-c2c3c(cc4c(COC5CCCCO5)cccc24)COC3)c(COC2CCCCO2)c1. The largest absolute Gasteiger partial charge is 0.372 e. The molecule has 2 atom stereocenters. The van der Waals surface area contributed by atoms with E-state index < -0.39 is 0 Å². The maximum absolute atomic E-state index is 6.20. The van der Waals surface area contributed by atoms with Crippen LogP contribution in [0.25, 0.3) is 21.9 Å². The molecule has 3 heterocycles. The van der Waals surface area contributed by atoms with Gasteiger partial charge in [-0.15, -0.1) is 0 Å². The molecule has 35 heavy (non-hydrogen) atoms. The number of ether oxygens (including phenoxy) is 5. The molecular formula is C30H34O5. The first-order valence-corrected chi connectivity index (χ1v) is 13.1. The molecule has 3 aliphatic heterocycles. The van der Waals surface area contributed by atoms with Gasteiger partial charge in [0.15, 0.2) is 12.6 Å². The lowest BCUT2D eigenvalue weighted by molar-refractivity contribution is -0.169. The molecule has 0 radical (unpaired) electrons. The summed E-state index contributed by atoms with van der Waals surface area (Å²) >= 11 is 0. The van der Waals surface area contributed by atoms with Crippen molar-refractivity contribution in [1.82, 2.24) is 0 Å². The average Bonchev–Trinajstić information content (AvgIpc) is 3.39. The fourth-order valence-corrected chi connectivity index (χ4v) is 5.52. The standard InChI is InChI=1S/C30H34O5/c1-2-10-24(21(8-1)18-34-28-12-3-5-14-32-28)30-25-11-7-9-22(19-35-29-13-4-6-15-33-29)26(25)16-23-17-31-20-27(23)30/h1-2,7-11,16,28-29H,3-6,12-15,17-20H2. The molecule has 0 aliphatic carbocycles. The van der Waals surface area contributed by atoms with E-state index in [0.717, 1.165) is 45.3 Å². The summed E-state index contributed by atoms with van der Waals surface area (Å²) in [6, 6.07) is 17.4. The molecule has 0 saturated carbocycles. The first-order valence-electron chi connectivity index (χ1n) is 13.1. The molecule has 184 valence electrons. The summed E-state index contributed by atoms with van der Waals surface area (Å²) in [5.41, 5.74) is 7.39. The molecule has 0 N–H and O–H groups in total. The van der Waals surface area contributed by atoms with Crippen molar-refractivity contribution < 1.29 is 23.7 Å². The van der Waals surface area contributed by atoms with Crippen LogP contribution in [-0.4, -0.2) is 25.8 Å². The smallest absolute Gasteiger partial charge is 0.158 e. The highest BCUT2D eigenvalue weighted by Gasteiger charge is 2.23. The lowest BCUT2D eigenvalue weighted by Gasteiger charge is -2.24. The van der Waals surface area contributed by atoms with E-state index in [4.69, 9.17) is 23.7 Å². The maximum Gasteiger partial charge on any atom is 0.158 e. The van der Waals surface area contributed by atoms with Gasteiger partial charge in [0.1, 0.15) is 0 Å². The Morgan fingerprint density at radius 3 is 2.17 bits per heavy atom. The van der Waals surface area contributed by atoms with Crippen LogP contribution >= 0.6 is 0 Å². The molecule has 5 heteroatoms. The predicted octanol–water partition coefficient (Wildman–Crippen LogP) is 6.62. The minimum atomic E-state index is -0.107. The Morgan fingerprint density at radius 1 is 0.714 bits per heavy atom. The molecule has 3 aliphatic rings. The van der Waals surface area contributed by atoms with Crippen molar-refractivity contribution >= 4 is 10.8 Å². The third kappa shape index (κ3) is 5.02. The van der Waals surface area contributed by atoms with Crippen molar-refractivity contribution in [2.75, 3.05) is 13.2 Å². The molecule has 2 saturated heterocycles. The topological polar surface area (TPSA) is 46.2 Å². The van der Waals surface area contributed by atoms with E-state index in [2.05, 4.69) is 48.5 Å². The van der Waals surface area contributed by atoms with Crippen molar-refractivity contribution in [2.45, 2.75) is 77.5 Å². The van der Waals surface area contributed by atoms with Gasteiger partial charge in [0.2, 0.25) is 0 Å². The predicted molar refractivity (Wildman–Crippen MR) is 135 cm³/mol. The number of hydrogen-bond donors (Lipinski definition) is 0. The van der Waals surface area contributed by atoms with Crippen molar-refractivity contribution in [3.05, 3.63) is 70.8 Å². The van der Waals surface area contributed by atoms with Crippen LogP contribution in [-0.2, 0) is 50.1 Å². The van der Waals surface area contributed by atoms with Crippen molar-refractivity contribution in [3.63, 3.8) is 0 Å². The van der Waals surface area contributed by atoms with Crippen LogP contribution in [0, 0.1) is 0 Å². The number of benzene rings is 3. The first kappa shape index (κ1) is 23.1. The first-order chi connectivity index (χ1) is 17.4.